The molecule has 21 heavy (non-hydrogen) atoms. The average molecular weight is 278 g/mol. The van der Waals surface area contributed by atoms with Crippen molar-refractivity contribution in [3.8, 4) is 0 Å². The summed E-state index contributed by atoms with van der Waals surface area (Å²) in [5, 5.41) is 0. The smallest absolute Gasteiger partial charge is 0.000703 e. The van der Waals surface area contributed by atoms with E-state index in [1.54, 1.807) is 0 Å². The summed E-state index contributed by atoms with van der Waals surface area (Å²) < 4.78 is 0. The minimum Gasteiger partial charge on any atom is -0.103 e. The van der Waals surface area contributed by atoms with Gasteiger partial charge in [-0.05, 0) is 69.8 Å². The average Bonchev–Trinajstić information content (AvgIpc) is 2.48. The Morgan fingerprint density at radius 3 is 2.29 bits per heavy atom. The third kappa shape index (κ3) is 14.0. The fourth-order valence-corrected chi connectivity index (χ4v) is 1.38. The number of allylic oxidation sites excluding steroid dienone is 8. The van der Waals surface area contributed by atoms with Gasteiger partial charge in [-0.1, -0.05) is 46.7 Å². The molecule has 110 valence electrons. The Kier molecular flexibility index (Phi) is 11.5. The van der Waals surface area contributed by atoms with Gasteiger partial charge in [-0.25, -0.2) is 0 Å². The Balaban J connectivity index is 0.000000286. The van der Waals surface area contributed by atoms with Crippen LogP contribution < -0.4 is 0 Å². The fourth-order valence-electron chi connectivity index (χ4n) is 1.38. The molecule has 0 radical (unpaired) electrons. The van der Waals surface area contributed by atoms with Gasteiger partial charge in [0.2, 0.25) is 0 Å². The minimum absolute atomic E-state index is 1.06. The van der Waals surface area contributed by atoms with Gasteiger partial charge in [0.25, 0.3) is 0 Å². The maximum Gasteiger partial charge on any atom is -0.000703 e. The molecule has 0 aromatic rings. The van der Waals surface area contributed by atoms with E-state index in [1.807, 2.05) is 44.2 Å². The molecule has 0 nitrogen and oxygen atoms in total. The van der Waals surface area contributed by atoms with E-state index in [1.165, 1.54) is 17.6 Å². The maximum absolute atomic E-state index is 3.74. The van der Waals surface area contributed by atoms with Gasteiger partial charge in [0, 0.05) is 0 Å². The summed E-state index contributed by atoms with van der Waals surface area (Å²) in [6.07, 6.45) is 14.2. The van der Waals surface area contributed by atoms with E-state index in [2.05, 4.69) is 43.0 Å². The van der Waals surface area contributed by atoms with Crippen LogP contribution in [0.5, 0.6) is 0 Å². The van der Waals surface area contributed by atoms with E-state index in [0.717, 1.165) is 24.8 Å². The first-order chi connectivity index (χ1) is 10.1. The van der Waals surface area contributed by atoms with E-state index < -0.39 is 0 Å². The zero-order valence-electron chi connectivity index (χ0n) is 13.6. The Hall–Kier alpha value is -2.18. The molecule has 0 N–H and O–H groups in total. The van der Waals surface area contributed by atoms with Crippen molar-refractivity contribution in [1.29, 1.82) is 0 Å². The normalized spacial score (nSPS) is 13.3. The van der Waals surface area contributed by atoms with Gasteiger partial charge in [-0.3, -0.25) is 0 Å². The van der Waals surface area contributed by atoms with Crippen LogP contribution in [0.4, 0.5) is 0 Å². The minimum atomic E-state index is 1.06. The largest absolute Gasteiger partial charge is 0.103 e. The lowest BCUT2D eigenvalue weighted by Gasteiger charge is -1.91. The van der Waals surface area contributed by atoms with Crippen molar-refractivity contribution in [3.63, 3.8) is 0 Å². The molecule has 0 bridgehead atoms. The second-order valence-corrected chi connectivity index (χ2v) is 5.06. The topological polar surface area (TPSA) is 0 Å². The van der Waals surface area contributed by atoms with Gasteiger partial charge in [-0.2, -0.15) is 0 Å². The van der Waals surface area contributed by atoms with Crippen molar-refractivity contribution in [2.75, 3.05) is 0 Å². The van der Waals surface area contributed by atoms with Crippen molar-refractivity contribution >= 4 is 0 Å². The molecule has 2 aliphatic rings. The van der Waals surface area contributed by atoms with E-state index in [-0.39, 0.29) is 0 Å². The SMILES string of the molecule is C=CCCC(=C)C.CC1=C=C=CC=C1.CC1=C=C=CCC1. The second kappa shape index (κ2) is 12.8. The highest BCUT2D eigenvalue weighted by atomic mass is 13.9. The first-order valence-electron chi connectivity index (χ1n) is 7.32. The zero-order chi connectivity index (χ0) is 15.9. The summed E-state index contributed by atoms with van der Waals surface area (Å²) in [7, 11) is 0. The monoisotopic (exact) mass is 278 g/mol. The van der Waals surface area contributed by atoms with Gasteiger partial charge in [-0.15, -0.1) is 13.2 Å². The van der Waals surface area contributed by atoms with Crippen LogP contribution in [0.2, 0.25) is 0 Å². The van der Waals surface area contributed by atoms with Crippen molar-refractivity contribution in [1.82, 2.24) is 0 Å². The Morgan fingerprint density at radius 2 is 2.05 bits per heavy atom. The molecular weight excluding hydrogens is 252 g/mol. The quantitative estimate of drug-likeness (QED) is 0.415. The first-order valence-corrected chi connectivity index (χ1v) is 7.32. The van der Waals surface area contributed by atoms with Crippen LogP contribution in [-0.4, -0.2) is 0 Å². The van der Waals surface area contributed by atoms with Crippen LogP contribution in [0.25, 0.3) is 0 Å². The molecule has 0 unspecified atom stereocenters. The zero-order valence-corrected chi connectivity index (χ0v) is 13.6. The van der Waals surface area contributed by atoms with Crippen molar-refractivity contribution in [2.24, 2.45) is 0 Å². The van der Waals surface area contributed by atoms with Crippen molar-refractivity contribution in [2.45, 2.75) is 46.5 Å². The molecular formula is C21H26. The van der Waals surface area contributed by atoms with Gasteiger partial charge >= 0.3 is 0 Å². The lowest BCUT2D eigenvalue weighted by Crippen LogP contribution is -1.73. The summed E-state index contributed by atoms with van der Waals surface area (Å²) in [6.45, 7) is 13.4. The fraction of sp³-hybridized carbons (Fsp3) is 0.333. The number of rotatable bonds is 3. The summed E-state index contributed by atoms with van der Waals surface area (Å²) in [5.41, 5.74) is 15.4. The van der Waals surface area contributed by atoms with Crippen molar-refractivity contribution in [3.05, 3.63) is 83.2 Å². The maximum atomic E-state index is 3.74. The van der Waals surface area contributed by atoms with E-state index in [4.69, 9.17) is 0 Å². The second-order valence-electron chi connectivity index (χ2n) is 5.06. The summed E-state index contributed by atoms with van der Waals surface area (Å²) in [4.78, 5) is 0. The predicted molar refractivity (Wildman–Crippen MR) is 94.2 cm³/mol. The van der Waals surface area contributed by atoms with Crippen LogP contribution in [0.15, 0.2) is 83.2 Å². The molecule has 2 rings (SSSR count). The molecule has 0 aromatic carbocycles. The molecule has 0 spiro atoms. The summed E-state index contributed by atoms with van der Waals surface area (Å²) in [6, 6.07) is 0. The lowest BCUT2D eigenvalue weighted by molar-refractivity contribution is 0.972. The standard InChI is InChI=1S/C7H8.C7H6.C7H12/c2*1-7-5-3-2-4-6-7;1-4-5-6-7(2)3/h2H,3,5H2,1H3;2-3,5H,1H3;4H,1-2,5-6H2,3H3. The van der Waals surface area contributed by atoms with Gasteiger partial charge in [0.1, 0.15) is 0 Å². The highest BCUT2D eigenvalue weighted by molar-refractivity contribution is 5.23. The number of hydrogen-bond donors (Lipinski definition) is 0. The predicted octanol–water partition coefficient (Wildman–Crippen LogP) is 6.38. The Labute approximate surface area is 130 Å². The van der Waals surface area contributed by atoms with Crippen LogP contribution in [-0.2, 0) is 0 Å². The highest BCUT2D eigenvalue weighted by Crippen LogP contribution is 2.04. The van der Waals surface area contributed by atoms with Gasteiger partial charge in [0.05, 0.1) is 0 Å². The molecule has 0 atom stereocenters. The third-order valence-corrected chi connectivity index (χ3v) is 2.62. The Bertz CT molecular complexity index is 566. The summed E-state index contributed by atoms with van der Waals surface area (Å²) in [5.74, 6) is 0. The van der Waals surface area contributed by atoms with E-state index in [0.29, 0.717) is 0 Å². The Morgan fingerprint density at radius 1 is 1.29 bits per heavy atom. The highest BCUT2D eigenvalue weighted by Gasteiger charge is 1.86. The molecule has 0 heteroatoms. The molecule has 0 heterocycles. The first kappa shape index (κ1) is 18.8. The molecule has 0 saturated carbocycles. The van der Waals surface area contributed by atoms with E-state index >= 15 is 0 Å². The molecule has 2 aliphatic carbocycles. The van der Waals surface area contributed by atoms with Gasteiger partial charge < -0.3 is 0 Å². The van der Waals surface area contributed by atoms with Crippen LogP contribution >= 0.6 is 0 Å². The van der Waals surface area contributed by atoms with Crippen LogP contribution in [0.1, 0.15) is 46.5 Å². The lowest BCUT2D eigenvalue weighted by atomic mass is 10.1. The van der Waals surface area contributed by atoms with Crippen LogP contribution in [0.3, 0.4) is 0 Å². The molecule has 0 saturated heterocycles. The van der Waals surface area contributed by atoms with Crippen LogP contribution in [0, 0.1) is 0 Å². The molecule has 0 aliphatic heterocycles. The summed E-state index contributed by atoms with van der Waals surface area (Å²) >= 11 is 0. The van der Waals surface area contributed by atoms with E-state index in [9.17, 15) is 0 Å². The molecule has 0 fully saturated rings. The third-order valence-electron chi connectivity index (χ3n) is 2.62. The molecule has 0 amide bonds. The molecule has 0 aromatic heterocycles. The van der Waals surface area contributed by atoms with Gasteiger partial charge in [0.15, 0.2) is 0 Å². The van der Waals surface area contributed by atoms with Crippen molar-refractivity contribution < 1.29 is 0 Å². The number of hydrogen-bond acceptors (Lipinski definition) is 0.